The summed E-state index contributed by atoms with van der Waals surface area (Å²) < 4.78 is 5.27. The smallest absolute Gasteiger partial charge is 0.281 e. The van der Waals surface area contributed by atoms with E-state index >= 15 is 0 Å². The quantitative estimate of drug-likeness (QED) is 0.789. The zero-order valence-corrected chi connectivity index (χ0v) is 9.34. The Hall–Kier alpha value is -1.49. The molecule has 0 saturated heterocycles. The van der Waals surface area contributed by atoms with Crippen molar-refractivity contribution >= 4 is 17.4 Å². The van der Waals surface area contributed by atoms with Gasteiger partial charge in [-0.25, -0.2) is 0 Å². The molecule has 2 N–H and O–H groups in total. The molecule has 0 amide bonds. The number of nitrogens with zero attached hydrogens (tertiary/aromatic N) is 2. The van der Waals surface area contributed by atoms with E-state index in [-0.39, 0.29) is 0 Å². The lowest BCUT2D eigenvalue weighted by molar-refractivity contribution is 0.429. The SMILES string of the molecule is Cc1ccc(N)c(Sc2nnc(C)o2)c1. The lowest BCUT2D eigenvalue weighted by atomic mass is 10.2. The highest BCUT2D eigenvalue weighted by Crippen LogP contribution is 2.31. The summed E-state index contributed by atoms with van der Waals surface area (Å²) in [5, 5.41) is 8.18. The van der Waals surface area contributed by atoms with Gasteiger partial charge in [-0.1, -0.05) is 6.07 Å². The van der Waals surface area contributed by atoms with E-state index in [1.54, 1.807) is 6.92 Å². The Balaban J connectivity index is 2.27. The van der Waals surface area contributed by atoms with E-state index in [0.717, 1.165) is 16.1 Å². The van der Waals surface area contributed by atoms with Crippen LogP contribution in [0.15, 0.2) is 32.7 Å². The maximum Gasteiger partial charge on any atom is 0.281 e. The first kappa shape index (κ1) is 10.0. The van der Waals surface area contributed by atoms with Crippen molar-refractivity contribution in [2.45, 2.75) is 24.0 Å². The van der Waals surface area contributed by atoms with Crippen molar-refractivity contribution in [3.05, 3.63) is 29.7 Å². The van der Waals surface area contributed by atoms with Crippen LogP contribution in [0, 0.1) is 13.8 Å². The molecule has 0 fully saturated rings. The van der Waals surface area contributed by atoms with E-state index in [0.29, 0.717) is 11.1 Å². The molecule has 1 aromatic carbocycles. The average molecular weight is 221 g/mol. The fourth-order valence-electron chi connectivity index (χ4n) is 1.14. The Morgan fingerprint density at radius 2 is 2.07 bits per heavy atom. The van der Waals surface area contributed by atoms with Gasteiger partial charge in [0.25, 0.3) is 5.22 Å². The standard InChI is InChI=1S/C10H11N3OS/c1-6-3-4-8(11)9(5-6)15-10-13-12-7(2)14-10/h3-5H,11H2,1-2H3. The molecule has 2 rings (SSSR count). The molecule has 0 aliphatic rings. The van der Waals surface area contributed by atoms with Gasteiger partial charge in [-0.15, -0.1) is 10.2 Å². The number of nitrogens with two attached hydrogens (primary N) is 1. The summed E-state index contributed by atoms with van der Waals surface area (Å²) in [5.41, 5.74) is 7.71. The van der Waals surface area contributed by atoms with Crippen LogP contribution in [0.3, 0.4) is 0 Å². The summed E-state index contributed by atoms with van der Waals surface area (Å²) >= 11 is 1.38. The van der Waals surface area contributed by atoms with Crippen LogP contribution in [0.1, 0.15) is 11.5 Å². The van der Waals surface area contributed by atoms with Gasteiger partial charge in [-0.3, -0.25) is 0 Å². The summed E-state index contributed by atoms with van der Waals surface area (Å²) in [7, 11) is 0. The van der Waals surface area contributed by atoms with Crippen molar-refractivity contribution in [2.75, 3.05) is 5.73 Å². The van der Waals surface area contributed by atoms with Gasteiger partial charge in [0.2, 0.25) is 5.89 Å². The molecule has 2 aromatic rings. The largest absolute Gasteiger partial charge is 0.416 e. The summed E-state index contributed by atoms with van der Waals surface area (Å²) in [6.45, 7) is 3.78. The minimum absolute atomic E-state index is 0.518. The maximum atomic E-state index is 5.83. The van der Waals surface area contributed by atoms with E-state index in [9.17, 15) is 0 Å². The van der Waals surface area contributed by atoms with E-state index < -0.39 is 0 Å². The van der Waals surface area contributed by atoms with E-state index in [1.807, 2.05) is 25.1 Å². The average Bonchev–Trinajstić information content (AvgIpc) is 2.58. The first-order chi connectivity index (χ1) is 7.15. The summed E-state index contributed by atoms with van der Waals surface area (Å²) in [5.74, 6) is 0.559. The van der Waals surface area contributed by atoms with Crippen LogP contribution in [0.25, 0.3) is 0 Å². The van der Waals surface area contributed by atoms with Crippen LogP contribution in [0.4, 0.5) is 5.69 Å². The van der Waals surface area contributed by atoms with Crippen LogP contribution in [-0.4, -0.2) is 10.2 Å². The zero-order valence-electron chi connectivity index (χ0n) is 8.52. The van der Waals surface area contributed by atoms with Crippen molar-refractivity contribution in [3.8, 4) is 0 Å². The Labute approximate surface area is 91.9 Å². The molecule has 4 nitrogen and oxygen atoms in total. The predicted molar refractivity (Wildman–Crippen MR) is 58.7 cm³/mol. The third kappa shape index (κ3) is 2.30. The molecule has 0 aliphatic carbocycles. The second-order valence-corrected chi connectivity index (χ2v) is 4.22. The van der Waals surface area contributed by atoms with Gasteiger partial charge in [0.05, 0.1) is 0 Å². The summed E-state index contributed by atoms with van der Waals surface area (Å²) in [6, 6.07) is 5.85. The summed E-state index contributed by atoms with van der Waals surface area (Å²) in [6.07, 6.45) is 0. The van der Waals surface area contributed by atoms with E-state index in [2.05, 4.69) is 10.2 Å². The van der Waals surface area contributed by atoms with Gasteiger partial charge >= 0.3 is 0 Å². The molecule has 1 heterocycles. The zero-order chi connectivity index (χ0) is 10.8. The van der Waals surface area contributed by atoms with E-state index in [1.165, 1.54) is 11.8 Å². The molecule has 0 bridgehead atoms. The van der Waals surface area contributed by atoms with Crippen molar-refractivity contribution in [1.82, 2.24) is 10.2 Å². The second-order valence-electron chi connectivity index (χ2n) is 3.23. The third-order valence-corrected chi connectivity index (χ3v) is 2.79. The molecule has 0 radical (unpaired) electrons. The number of anilines is 1. The molecule has 0 saturated carbocycles. The monoisotopic (exact) mass is 221 g/mol. The maximum absolute atomic E-state index is 5.83. The number of aryl methyl sites for hydroxylation is 2. The number of benzene rings is 1. The number of rotatable bonds is 2. The number of hydrogen-bond acceptors (Lipinski definition) is 5. The first-order valence-corrected chi connectivity index (χ1v) is 5.31. The van der Waals surface area contributed by atoms with Crippen LogP contribution < -0.4 is 5.73 Å². The highest BCUT2D eigenvalue weighted by Gasteiger charge is 2.07. The Bertz CT molecular complexity index is 481. The number of aromatic nitrogens is 2. The minimum Gasteiger partial charge on any atom is -0.416 e. The molecule has 78 valence electrons. The summed E-state index contributed by atoms with van der Waals surface area (Å²) in [4.78, 5) is 0.943. The fraction of sp³-hybridized carbons (Fsp3) is 0.200. The highest BCUT2D eigenvalue weighted by molar-refractivity contribution is 7.99. The second kappa shape index (κ2) is 3.94. The first-order valence-electron chi connectivity index (χ1n) is 4.49. The van der Waals surface area contributed by atoms with Crippen LogP contribution in [0.5, 0.6) is 0 Å². The van der Waals surface area contributed by atoms with Gasteiger partial charge in [0.15, 0.2) is 0 Å². The van der Waals surface area contributed by atoms with Crippen molar-refractivity contribution < 1.29 is 4.42 Å². The van der Waals surface area contributed by atoms with Gasteiger partial charge in [-0.2, -0.15) is 0 Å². The van der Waals surface area contributed by atoms with Crippen molar-refractivity contribution in [3.63, 3.8) is 0 Å². The van der Waals surface area contributed by atoms with Crippen molar-refractivity contribution in [1.29, 1.82) is 0 Å². The molecule has 1 aromatic heterocycles. The molecule has 0 unspecified atom stereocenters. The Morgan fingerprint density at radius 3 is 2.73 bits per heavy atom. The van der Waals surface area contributed by atoms with E-state index in [4.69, 9.17) is 10.2 Å². The van der Waals surface area contributed by atoms with Gasteiger partial charge < -0.3 is 10.2 Å². The number of hydrogen-bond donors (Lipinski definition) is 1. The molecule has 5 heteroatoms. The molecule has 15 heavy (non-hydrogen) atoms. The normalized spacial score (nSPS) is 10.5. The fourth-order valence-corrected chi connectivity index (χ4v) is 2.01. The molecular weight excluding hydrogens is 210 g/mol. The van der Waals surface area contributed by atoms with Crippen LogP contribution in [-0.2, 0) is 0 Å². The van der Waals surface area contributed by atoms with Crippen molar-refractivity contribution in [2.24, 2.45) is 0 Å². The highest BCUT2D eigenvalue weighted by atomic mass is 32.2. The Morgan fingerprint density at radius 1 is 1.27 bits per heavy atom. The lowest BCUT2D eigenvalue weighted by Gasteiger charge is -2.02. The molecule has 0 aliphatic heterocycles. The Kier molecular flexibility index (Phi) is 2.64. The van der Waals surface area contributed by atoms with Gasteiger partial charge in [0, 0.05) is 17.5 Å². The molecule has 0 atom stereocenters. The van der Waals surface area contributed by atoms with Gasteiger partial charge in [0.1, 0.15) is 0 Å². The van der Waals surface area contributed by atoms with Gasteiger partial charge in [-0.05, 0) is 36.4 Å². The number of nitrogen functional groups attached to an aromatic ring is 1. The molecule has 0 spiro atoms. The topological polar surface area (TPSA) is 64.9 Å². The molecular formula is C10H11N3OS. The lowest BCUT2D eigenvalue weighted by Crippen LogP contribution is -1.88. The third-order valence-electron chi connectivity index (χ3n) is 1.87. The van der Waals surface area contributed by atoms with Crippen LogP contribution >= 0.6 is 11.8 Å². The predicted octanol–water partition coefficient (Wildman–Crippen LogP) is 2.42. The minimum atomic E-state index is 0.518. The van der Waals surface area contributed by atoms with Crippen LogP contribution in [0.2, 0.25) is 0 Å².